The van der Waals surface area contributed by atoms with Gasteiger partial charge in [0.1, 0.15) is 17.8 Å². The van der Waals surface area contributed by atoms with Gasteiger partial charge in [0, 0.05) is 33.7 Å². The fourth-order valence-electron chi connectivity index (χ4n) is 2.77. The van der Waals surface area contributed by atoms with Gasteiger partial charge in [0.05, 0.1) is 7.11 Å². The van der Waals surface area contributed by atoms with E-state index in [1.165, 1.54) is 7.11 Å². The molecule has 3 aromatic rings. The normalized spacial score (nSPS) is 11.8. The van der Waals surface area contributed by atoms with Crippen LogP contribution < -0.4 is 5.32 Å². The second-order valence-corrected chi connectivity index (χ2v) is 6.58. The lowest BCUT2D eigenvalue weighted by atomic mass is 10.1. The quantitative estimate of drug-likeness (QED) is 0.622. The summed E-state index contributed by atoms with van der Waals surface area (Å²) in [5.74, 6) is -0.217. The molecule has 1 atom stereocenters. The van der Waals surface area contributed by atoms with E-state index in [0.29, 0.717) is 12.1 Å². The highest BCUT2D eigenvalue weighted by Crippen LogP contribution is 2.28. The Morgan fingerprint density at radius 3 is 3.00 bits per heavy atom. The summed E-state index contributed by atoms with van der Waals surface area (Å²) < 4.78 is 5.86. The summed E-state index contributed by atoms with van der Waals surface area (Å²) in [5, 5.41) is 13.1. The number of ether oxygens (including phenoxy) is 1. The number of esters is 1. The number of hydrogen-bond acceptors (Lipinski definition) is 6. The number of H-pyrrole nitrogens is 1. The van der Waals surface area contributed by atoms with Gasteiger partial charge in [-0.05, 0) is 30.7 Å². The number of nitrogens with one attached hydrogen (secondary N) is 2. The number of aromatic nitrogens is 3. The van der Waals surface area contributed by atoms with Crippen molar-refractivity contribution in [3.8, 4) is 6.07 Å². The summed E-state index contributed by atoms with van der Waals surface area (Å²) in [7, 11) is 1.33. The summed E-state index contributed by atoms with van der Waals surface area (Å²) in [4.78, 5) is 23.8. The Morgan fingerprint density at radius 1 is 1.46 bits per heavy atom. The number of methoxy groups -OCH3 is 1. The molecule has 26 heavy (non-hydrogen) atoms. The van der Waals surface area contributed by atoms with E-state index in [1.54, 1.807) is 13.0 Å². The van der Waals surface area contributed by atoms with Gasteiger partial charge in [0.25, 0.3) is 0 Å². The largest absolute Gasteiger partial charge is 0.467 e. The van der Waals surface area contributed by atoms with E-state index in [4.69, 9.17) is 10.00 Å². The molecule has 0 aliphatic heterocycles. The number of nitrogens with zero attached hydrogens (tertiary/aromatic N) is 3. The van der Waals surface area contributed by atoms with Crippen LogP contribution in [-0.2, 0) is 16.0 Å². The molecule has 0 amide bonds. The van der Waals surface area contributed by atoms with E-state index in [1.807, 2.05) is 30.5 Å². The Balaban J connectivity index is 1.93. The van der Waals surface area contributed by atoms with Crippen LogP contribution in [0.2, 0.25) is 0 Å². The average molecular weight is 414 g/mol. The second kappa shape index (κ2) is 7.54. The molecule has 8 heteroatoms. The third-order valence-electron chi connectivity index (χ3n) is 3.92. The van der Waals surface area contributed by atoms with Crippen molar-refractivity contribution >= 4 is 38.8 Å². The van der Waals surface area contributed by atoms with E-state index in [9.17, 15) is 4.79 Å². The number of hydrogen-bond donors (Lipinski definition) is 2. The van der Waals surface area contributed by atoms with Crippen molar-refractivity contribution in [3.05, 3.63) is 51.9 Å². The Kier molecular flexibility index (Phi) is 5.19. The van der Waals surface area contributed by atoms with Gasteiger partial charge in [-0.1, -0.05) is 22.0 Å². The van der Waals surface area contributed by atoms with Gasteiger partial charge in [0.2, 0.25) is 5.95 Å². The minimum absolute atomic E-state index is 0.218. The number of benzene rings is 1. The highest BCUT2D eigenvalue weighted by atomic mass is 79.9. The zero-order valence-electron chi connectivity index (χ0n) is 14.2. The molecule has 0 radical (unpaired) electrons. The minimum atomic E-state index is -0.695. The number of carbonyl (C=O) groups is 1. The molecule has 1 aromatic carbocycles. The molecule has 0 bridgehead atoms. The average Bonchev–Trinajstić information content (AvgIpc) is 3.04. The molecule has 0 aliphatic rings. The highest BCUT2D eigenvalue weighted by molar-refractivity contribution is 9.10. The fourth-order valence-corrected chi connectivity index (χ4v) is 3.39. The van der Waals surface area contributed by atoms with Crippen LogP contribution in [0.1, 0.15) is 17.0 Å². The number of nitriles is 1. The summed E-state index contributed by atoms with van der Waals surface area (Å²) >= 11 is 3.55. The van der Waals surface area contributed by atoms with Crippen LogP contribution in [0.15, 0.2) is 34.9 Å². The molecule has 0 saturated carbocycles. The number of aryl methyl sites for hydroxylation is 1. The molecule has 0 aliphatic carbocycles. The zero-order chi connectivity index (χ0) is 18.7. The van der Waals surface area contributed by atoms with Crippen molar-refractivity contribution in [2.24, 2.45) is 0 Å². The van der Waals surface area contributed by atoms with Crippen LogP contribution in [-0.4, -0.2) is 34.1 Å². The first kappa shape index (κ1) is 17.9. The van der Waals surface area contributed by atoms with Crippen LogP contribution in [0, 0.1) is 18.3 Å². The van der Waals surface area contributed by atoms with Crippen LogP contribution in [0.5, 0.6) is 0 Å². The first-order valence-electron chi connectivity index (χ1n) is 7.86. The van der Waals surface area contributed by atoms with Gasteiger partial charge in [-0.15, -0.1) is 0 Å². The number of halogens is 1. The molecule has 2 N–H and O–H groups in total. The van der Waals surface area contributed by atoms with Gasteiger partial charge < -0.3 is 15.0 Å². The molecule has 2 aromatic heterocycles. The number of fused-ring (bicyclic) bond motifs is 1. The van der Waals surface area contributed by atoms with E-state index in [0.717, 1.165) is 20.9 Å². The topological polar surface area (TPSA) is 104 Å². The lowest BCUT2D eigenvalue weighted by molar-refractivity contribution is -0.141. The summed E-state index contributed by atoms with van der Waals surface area (Å²) in [6, 6.07) is 8.72. The summed E-state index contributed by atoms with van der Waals surface area (Å²) in [6.45, 7) is 1.76. The van der Waals surface area contributed by atoms with Gasteiger partial charge >= 0.3 is 5.97 Å². The Bertz CT molecular complexity index is 1010. The van der Waals surface area contributed by atoms with Crippen molar-refractivity contribution < 1.29 is 9.53 Å². The van der Waals surface area contributed by atoms with Crippen molar-refractivity contribution in [3.63, 3.8) is 0 Å². The van der Waals surface area contributed by atoms with E-state index in [2.05, 4.69) is 36.2 Å². The van der Waals surface area contributed by atoms with Crippen molar-refractivity contribution in [2.45, 2.75) is 19.4 Å². The molecule has 0 fully saturated rings. The maximum Gasteiger partial charge on any atom is 0.328 e. The number of aromatic amines is 1. The maximum absolute atomic E-state index is 12.3. The molecule has 3 rings (SSSR count). The third-order valence-corrected chi connectivity index (χ3v) is 4.58. The summed E-state index contributed by atoms with van der Waals surface area (Å²) in [6.07, 6.45) is 2.24. The molecular formula is C18H16BrN5O2. The predicted octanol–water partition coefficient (Wildman–Crippen LogP) is 3.10. The van der Waals surface area contributed by atoms with Crippen LogP contribution in [0.25, 0.3) is 10.9 Å². The SMILES string of the molecule is COC(=O)C(Cc1c[nH]c2cccc(Br)c12)Nc1nc(C)cc(C#N)n1. The van der Waals surface area contributed by atoms with Crippen molar-refractivity contribution in [2.75, 3.05) is 12.4 Å². The molecular weight excluding hydrogens is 398 g/mol. The fraction of sp³-hybridized carbons (Fsp3) is 0.222. The van der Waals surface area contributed by atoms with E-state index in [-0.39, 0.29) is 11.6 Å². The molecule has 7 nitrogen and oxygen atoms in total. The monoisotopic (exact) mass is 413 g/mol. The molecule has 0 saturated heterocycles. The third kappa shape index (κ3) is 3.68. The van der Waals surface area contributed by atoms with Crippen molar-refractivity contribution in [1.29, 1.82) is 5.26 Å². The number of carbonyl (C=O) groups excluding carboxylic acids is 1. The predicted molar refractivity (Wildman–Crippen MR) is 101 cm³/mol. The standard InChI is InChI=1S/C18H16BrN5O2/c1-10-6-12(8-20)23-18(22-10)24-15(17(25)26-2)7-11-9-21-14-5-3-4-13(19)16(11)14/h3-6,9,15,21H,7H2,1-2H3,(H,22,23,24). The van der Waals surface area contributed by atoms with Crippen LogP contribution >= 0.6 is 15.9 Å². The van der Waals surface area contributed by atoms with Gasteiger partial charge in [-0.2, -0.15) is 5.26 Å². The number of anilines is 1. The van der Waals surface area contributed by atoms with Gasteiger partial charge in [-0.3, -0.25) is 0 Å². The van der Waals surface area contributed by atoms with E-state index < -0.39 is 12.0 Å². The first-order chi connectivity index (χ1) is 12.5. The second-order valence-electron chi connectivity index (χ2n) is 5.73. The maximum atomic E-state index is 12.3. The Labute approximate surface area is 158 Å². The zero-order valence-corrected chi connectivity index (χ0v) is 15.8. The lowest BCUT2D eigenvalue weighted by Crippen LogP contribution is -2.33. The number of rotatable bonds is 5. The molecule has 1 unspecified atom stereocenters. The summed E-state index contributed by atoms with van der Waals surface area (Å²) in [5.41, 5.74) is 2.79. The van der Waals surface area contributed by atoms with Crippen LogP contribution in [0.4, 0.5) is 5.95 Å². The Morgan fingerprint density at radius 2 is 2.27 bits per heavy atom. The molecule has 0 spiro atoms. The van der Waals surface area contributed by atoms with Crippen LogP contribution in [0.3, 0.4) is 0 Å². The Hall–Kier alpha value is -2.92. The molecule has 132 valence electrons. The lowest BCUT2D eigenvalue weighted by Gasteiger charge is -2.16. The van der Waals surface area contributed by atoms with Gasteiger partial charge in [-0.25, -0.2) is 14.8 Å². The van der Waals surface area contributed by atoms with E-state index >= 15 is 0 Å². The first-order valence-corrected chi connectivity index (χ1v) is 8.65. The van der Waals surface area contributed by atoms with Gasteiger partial charge in [0.15, 0.2) is 0 Å². The smallest absolute Gasteiger partial charge is 0.328 e. The molecule has 2 heterocycles. The highest BCUT2D eigenvalue weighted by Gasteiger charge is 2.23. The van der Waals surface area contributed by atoms with Crippen molar-refractivity contribution in [1.82, 2.24) is 15.0 Å². The minimum Gasteiger partial charge on any atom is -0.467 e.